The Hall–Kier alpha value is -0.220. The molecule has 0 aromatic heterocycles. The Bertz CT molecular complexity index is 175. The van der Waals surface area contributed by atoms with Crippen LogP contribution in [0.25, 0.3) is 0 Å². The van der Waals surface area contributed by atoms with E-state index in [4.69, 9.17) is 10.8 Å². The maximum absolute atomic E-state index is 10.8. The summed E-state index contributed by atoms with van der Waals surface area (Å²) in [6.45, 7) is 7.63. The lowest BCUT2D eigenvalue weighted by Gasteiger charge is -2.22. The van der Waals surface area contributed by atoms with Gasteiger partial charge in [0.25, 0.3) is 0 Å². The van der Waals surface area contributed by atoms with Crippen molar-refractivity contribution in [3.8, 4) is 0 Å². The van der Waals surface area contributed by atoms with Crippen molar-refractivity contribution in [1.82, 2.24) is 0 Å². The third-order valence-corrected chi connectivity index (χ3v) is 3.50. The van der Waals surface area contributed by atoms with E-state index in [2.05, 4.69) is 0 Å². The molecule has 0 saturated heterocycles. The first-order valence-electron chi connectivity index (χ1n) is 4.37. The summed E-state index contributed by atoms with van der Waals surface area (Å²) in [7, 11) is 0. The van der Waals surface area contributed by atoms with Gasteiger partial charge >= 0.3 is 5.97 Å². The van der Waals surface area contributed by atoms with Crippen molar-refractivity contribution in [1.29, 1.82) is 0 Å². The highest BCUT2D eigenvalue weighted by atomic mass is 32.2. The van der Waals surface area contributed by atoms with Gasteiger partial charge in [-0.3, -0.25) is 4.79 Å². The van der Waals surface area contributed by atoms with E-state index in [1.54, 1.807) is 0 Å². The molecule has 1 unspecified atom stereocenters. The van der Waals surface area contributed by atoms with Crippen molar-refractivity contribution in [3.05, 3.63) is 0 Å². The summed E-state index contributed by atoms with van der Waals surface area (Å²) in [5, 5.41) is 8.53. The molecule has 0 rings (SSSR count). The van der Waals surface area contributed by atoms with Crippen LogP contribution in [0.1, 0.15) is 27.7 Å². The molecule has 0 amide bonds. The molecule has 0 saturated carbocycles. The minimum Gasteiger partial charge on any atom is -0.480 e. The minimum atomic E-state index is -0.746. The van der Waals surface area contributed by atoms with Crippen molar-refractivity contribution in [3.63, 3.8) is 0 Å². The third-order valence-electron chi connectivity index (χ3n) is 1.48. The van der Waals surface area contributed by atoms with E-state index >= 15 is 0 Å². The molecular weight excluding hydrogens is 186 g/mol. The molecule has 0 aromatic carbocycles. The number of thioether (sulfide) groups is 1. The van der Waals surface area contributed by atoms with Crippen LogP contribution in [-0.2, 0) is 4.79 Å². The summed E-state index contributed by atoms with van der Waals surface area (Å²) >= 11 is 1.42. The van der Waals surface area contributed by atoms with Gasteiger partial charge in [-0.25, -0.2) is 0 Å². The van der Waals surface area contributed by atoms with Gasteiger partial charge in [0, 0.05) is 11.3 Å². The molecule has 0 spiro atoms. The zero-order chi connectivity index (χ0) is 10.6. The number of rotatable bonds is 5. The lowest BCUT2D eigenvalue weighted by atomic mass is 10.1. The van der Waals surface area contributed by atoms with Crippen molar-refractivity contribution < 1.29 is 9.90 Å². The number of hydrogen-bond acceptors (Lipinski definition) is 3. The fraction of sp³-hybridized carbons (Fsp3) is 0.889. The molecule has 0 radical (unpaired) electrons. The van der Waals surface area contributed by atoms with Gasteiger partial charge in [-0.15, -0.1) is 11.8 Å². The predicted molar refractivity (Wildman–Crippen MR) is 57.0 cm³/mol. The number of carboxylic acids is 1. The normalized spacial score (nSPS) is 14.6. The van der Waals surface area contributed by atoms with Crippen LogP contribution in [0.15, 0.2) is 0 Å². The van der Waals surface area contributed by atoms with Crippen molar-refractivity contribution in [2.24, 2.45) is 11.7 Å². The predicted octanol–water partition coefficient (Wildman–Crippen LogP) is 1.57. The standard InChI is InChI=1S/C9H19NO2S/c1-6(2)7(8(11)12)13-5-9(3,4)10/h6-7H,5,10H2,1-4H3,(H,11,12). The SMILES string of the molecule is CC(C)C(SCC(C)(C)N)C(=O)O. The van der Waals surface area contributed by atoms with Crippen LogP contribution in [0.2, 0.25) is 0 Å². The van der Waals surface area contributed by atoms with Crippen LogP contribution < -0.4 is 5.73 Å². The van der Waals surface area contributed by atoms with Gasteiger partial charge < -0.3 is 10.8 Å². The van der Waals surface area contributed by atoms with Crippen LogP contribution in [0.4, 0.5) is 0 Å². The highest BCUT2D eigenvalue weighted by Gasteiger charge is 2.24. The first kappa shape index (κ1) is 12.8. The van der Waals surface area contributed by atoms with E-state index in [0.29, 0.717) is 5.75 Å². The zero-order valence-electron chi connectivity index (χ0n) is 8.70. The highest BCUT2D eigenvalue weighted by Crippen LogP contribution is 2.22. The van der Waals surface area contributed by atoms with Gasteiger partial charge in [0.1, 0.15) is 5.25 Å². The van der Waals surface area contributed by atoms with Crippen LogP contribution in [0.5, 0.6) is 0 Å². The van der Waals surface area contributed by atoms with Gasteiger partial charge in [0.05, 0.1) is 0 Å². The second kappa shape index (κ2) is 4.86. The summed E-state index contributed by atoms with van der Waals surface area (Å²) in [5.41, 5.74) is 5.47. The van der Waals surface area contributed by atoms with Crippen molar-refractivity contribution in [2.45, 2.75) is 38.5 Å². The number of hydrogen-bond donors (Lipinski definition) is 2. The second-order valence-electron chi connectivity index (χ2n) is 4.30. The molecule has 3 nitrogen and oxygen atoms in total. The largest absolute Gasteiger partial charge is 0.480 e. The van der Waals surface area contributed by atoms with Crippen LogP contribution in [-0.4, -0.2) is 27.6 Å². The van der Waals surface area contributed by atoms with Crippen LogP contribution in [0, 0.1) is 5.92 Å². The lowest BCUT2D eigenvalue weighted by molar-refractivity contribution is -0.137. The van der Waals surface area contributed by atoms with Gasteiger partial charge in [-0.2, -0.15) is 0 Å². The molecule has 1 atom stereocenters. The quantitative estimate of drug-likeness (QED) is 0.715. The monoisotopic (exact) mass is 205 g/mol. The maximum atomic E-state index is 10.8. The molecule has 0 aliphatic rings. The molecule has 0 fully saturated rings. The lowest BCUT2D eigenvalue weighted by Crippen LogP contribution is -2.37. The van der Waals surface area contributed by atoms with E-state index < -0.39 is 5.97 Å². The molecule has 78 valence electrons. The van der Waals surface area contributed by atoms with Gasteiger partial charge in [0.2, 0.25) is 0 Å². The van der Waals surface area contributed by atoms with Crippen molar-refractivity contribution in [2.75, 3.05) is 5.75 Å². The summed E-state index contributed by atoms with van der Waals surface area (Å²) in [6, 6.07) is 0. The molecule has 0 bridgehead atoms. The third kappa shape index (κ3) is 5.93. The van der Waals surface area contributed by atoms with Gasteiger partial charge in [-0.05, 0) is 19.8 Å². The van der Waals surface area contributed by atoms with Gasteiger partial charge in [0.15, 0.2) is 0 Å². The van der Waals surface area contributed by atoms with E-state index in [0.717, 1.165) is 0 Å². The molecule has 0 aliphatic heterocycles. The molecule has 0 heterocycles. The average Bonchev–Trinajstić information content (AvgIpc) is 1.82. The summed E-state index contributed by atoms with van der Waals surface area (Å²) in [5.74, 6) is 0.0661. The zero-order valence-corrected chi connectivity index (χ0v) is 9.52. The molecule has 3 N–H and O–H groups in total. The smallest absolute Gasteiger partial charge is 0.316 e. The first-order valence-corrected chi connectivity index (χ1v) is 5.42. The Morgan fingerprint density at radius 3 is 2.23 bits per heavy atom. The van der Waals surface area contributed by atoms with E-state index in [1.165, 1.54) is 11.8 Å². The number of aliphatic carboxylic acids is 1. The molecule has 4 heteroatoms. The van der Waals surface area contributed by atoms with E-state index in [1.807, 2.05) is 27.7 Å². The molecule has 0 aromatic rings. The summed E-state index contributed by atoms with van der Waals surface area (Å²) in [4.78, 5) is 10.8. The number of nitrogens with two attached hydrogens (primary N) is 1. The Morgan fingerprint density at radius 2 is 2.00 bits per heavy atom. The van der Waals surface area contributed by atoms with Crippen molar-refractivity contribution >= 4 is 17.7 Å². The summed E-state index contributed by atoms with van der Waals surface area (Å²) in [6.07, 6.45) is 0. The number of carbonyl (C=O) groups is 1. The Labute approximate surface area is 84.1 Å². The van der Waals surface area contributed by atoms with Crippen LogP contribution in [0.3, 0.4) is 0 Å². The second-order valence-corrected chi connectivity index (χ2v) is 5.43. The first-order chi connectivity index (χ1) is 5.74. The van der Waals surface area contributed by atoms with E-state index in [-0.39, 0.29) is 16.7 Å². The molecular formula is C9H19NO2S. The van der Waals surface area contributed by atoms with Gasteiger partial charge in [-0.1, -0.05) is 13.8 Å². The Kier molecular flexibility index (Phi) is 4.78. The topological polar surface area (TPSA) is 63.3 Å². The average molecular weight is 205 g/mol. The van der Waals surface area contributed by atoms with E-state index in [9.17, 15) is 4.79 Å². The molecule has 13 heavy (non-hydrogen) atoms. The Morgan fingerprint density at radius 1 is 1.54 bits per heavy atom. The van der Waals surface area contributed by atoms with Crippen LogP contribution >= 0.6 is 11.8 Å². The minimum absolute atomic E-state index is 0.143. The maximum Gasteiger partial charge on any atom is 0.316 e. The molecule has 0 aliphatic carbocycles. The summed E-state index contributed by atoms with van der Waals surface area (Å²) < 4.78 is 0. The highest BCUT2D eigenvalue weighted by molar-refractivity contribution is 8.00. The number of carboxylic acid groups (broad SMARTS) is 1. The fourth-order valence-electron chi connectivity index (χ4n) is 0.853. The Balaban J connectivity index is 4.06. The fourth-order valence-corrected chi connectivity index (χ4v) is 1.99.